The molecule has 0 saturated heterocycles. The molecule has 0 bridgehead atoms. The number of rotatable bonds is 2. The van der Waals surface area contributed by atoms with E-state index in [0.29, 0.717) is 0 Å². The highest BCUT2D eigenvalue weighted by Gasteiger charge is 2.34. The van der Waals surface area contributed by atoms with Crippen molar-refractivity contribution in [2.24, 2.45) is 0 Å². The maximum absolute atomic E-state index is 13.0. The van der Waals surface area contributed by atoms with Gasteiger partial charge in [0.25, 0.3) is 0 Å². The summed E-state index contributed by atoms with van der Waals surface area (Å²) in [5.41, 5.74) is -2.01. The molecule has 2 aromatic carbocycles. The molecule has 0 saturated carbocycles. The SMILES string of the molecule is FC(F)(F)c1ccc(NC(=S)Nc2ccc(Cl)cc2C(F)(F)F)cc1. The van der Waals surface area contributed by atoms with E-state index < -0.39 is 23.5 Å². The quantitative estimate of drug-likeness (QED) is 0.466. The molecule has 0 fully saturated rings. The number of halogens is 7. The Hall–Kier alpha value is -2.00. The third-order valence-electron chi connectivity index (χ3n) is 3.01. The molecule has 2 rings (SSSR count). The van der Waals surface area contributed by atoms with Gasteiger partial charge >= 0.3 is 12.4 Å². The summed E-state index contributed by atoms with van der Waals surface area (Å²) in [4.78, 5) is 0. The van der Waals surface area contributed by atoms with E-state index in [1.807, 2.05) is 0 Å². The van der Waals surface area contributed by atoms with Gasteiger partial charge in [-0.15, -0.1) is 0 Å². The summed E-state index contributed by atoms with van der Waals surface area (Å²) in [6.45, 7) is 0. The highest BCUT2D eigenvalue weighted by Crippen LogP contribution is 2.36. The molecular formula is C15H9ClF6N2S. The van der Waals surface area contributed by atoms with E-state index in [9.17, 15) is 26.3 Å². The van der Waals surface area contributed by atoms with Gasteiger partial charge in [0.15, 0.2) is 5.11 Å². The van der Waals surface area contributed by atoms with Crippen molar-refractivity contribution in [1.82, 2.24) is 0 Å². The Morgan fingerprint density at radius 3 is 1.96 bits per heavy atom. The topological polar surface area (TPSA) is 24.1 Å². The van der Waals surface area contributed by atoms with Gasteiger partial charge in [0.2, 0.25) is 0 Å². The van der Waals surface area contributed by atoms with Crippen LogP contribution in [0, 0.1) is 0 Å². The van der Waals surface area contributed by atoms with Crippen LogP contribution in [0.2, 0.25) is 5.02 Å². The van der Waals surface area contributed by atoms with Crippen LogP contribution in [0.1, 0.15) is 11.1 Å². The number of hydrogen-bond acceptors (Lipinski definition) is 1. The second-order valence-electron chi connectivity index (χ2n) is 4.84. The molecule has 0 aliphatic heterocycles. The van der Waals surface area contributed by atoms with Crippen LogP contribution >= 0.6 is 23.8 Å². The van der Waals surface area contributed by atoms with Crippen LogP contribution in [0.15, 0.2) is 42.5 Å². The van der Waals surface area contributed by atoms with E-state index >= 15 is 0 Å². The highest BCUT2D eigenvalue weighted by molar-refractivity contribution is 7.80. The predicted molar refractivity (Wildman–Crippen MR) is 87.7 cm³/mol. The Bertz CT molecular complexity index is 771. The van der Waals surface area contributed by atoms with Gasteiger partial charge in [0, 0.05) is 10.7 Å². The highest BCUT2D eigenvalue weighted by atomic mass is 35.5. The van der Waals surface area contributed by atoms with Crippen LogP contribution < -0.4 is 10.6 Å². The summed E-state index contributed by atoms with van der Waals surface area (Å²) in [5, 5.41) is 4.56. The Labute approximate surface area is 148 Å². The van der Waals surface area contributed by atoms with Gasteiger partial charge in [-0.3, -0.25) is 0 Å². The number of benzene rings is 2. The summed E-state index contributed by atoms with van der Waals surface area (Å²) >= 11 is 10.5. The van der Waals surface area contributed by atoms with Crippen molar-refractivity contribution in [3.8, 4) is 0 Å². The van der Waals surface area contributed by atoms with Crippen LogP contribution in [0.4, 0.5) is 37.7 Å². The molecule has 2 aromatic rings. The molecule has 0 amide bonds. The van der Waals surface area contributed by atoms with Crippen LogP contribution in [0.3, 0.4) is 0 Å². The van der Waals surface area contributed by atoms with Crippen molar-refractivity contribution in [2.45, 2.75) is 12.4 Å². The summed E-state index contributed by atoms with van der Waals surface area (Å²) in [5.74, 6) is 0. The summed E-state index contributed by atoms with van der Waals surface area (Å²) in [6.07, 6.45) is -9.14. The average molecular weight is 399 g/mol. The fraction of sp³-hybridized carbons (Fsp3) is 0.133. The van der Waals surface area contributed by atoms with Crippen molar-refractivity contribution in [2.75, 3.05) is 10.6 Å². The second kappa shape index (κ2) is 7.09. The van der Waals surface area contributed by atoms with E-state index in [1.165, 1.54) is 6.07 Å². The molecule has 0 aromatic heterocycles. The second-order valence-corrected chi connectivity index (χ2v) is 5.69. The minimum absolute atomic E-state index is 0.0977. The number of anilines is 2. The standard InChI is InChI=1S/C15H9ClF6N2S/c16-9-3-6-12(11(7-9)15(20,21)22)24-13(25)23-10-4-1-8(2-5-10)14(17,18)19/h1-7H,(H2,23,24,25). The predicted octanol–water partition coefficient (Wildman–Crippen LogP) is 6.19. The fourth-order valence-corrected chi connectivity index (χ4v) is 2.29. The monoisotopic (exact) mass is 398 g/mol. The molecule has 0 atom stereocenters. The lowest BCUT2D eigenvalue weighted by Crippen LogP contribution is -2.21. The number of hydrogen-bond donors (Lipinski definition) is 2. The summed E-state index contributed by atoms with van der Waals surface area (Å²) < 4.78 is 76.4. The lowest BCUT2D eigenvalue weighted by Gasteiger charge is -2.16. The van der Waals surface area contributed by atoms with Crippen LogP contribution in [0.25, 0.3) is 0 Å². The largest absolute Gasteiger partial charge is 0.418 e. The normalized spacial score (nSPS) is 12.0. The van der Waals surface area contributed by atoms with Crippen molar-refractivity contribution in [1.29, 1.82) is 0 Å². The third-order valence-corrected chi connectivity index (χ3v) is 3.44. The molecule has 0 heterocycles. The van der Waals surface area contributed by atoms with Gasteiger partial charge in [0.1, 0.15) is 0 Å². The average Bonchev–Trinajstić information content (AvgIpc) is 2.47. The molecule has 10 heteroatoms. The molecular weight excluding hydrogens is 390 g/mol. The number of nitrogens with one attached hydrogen (secondary N) is 2. The lowest BCUT2D eigenvalue weighted by atomic mass is 10.1. The molecule has 0 aliphatic rings. The first-order valence-corrected chi connectivity index (χ1v) is 7.37. The van der Waals surface area contributed by atoms with Gasteiger partial charge in [-0.2, -0.15) is 26.3 Å². The minimum Gasteiger partial charge on any atom is -0.332 e. The zero-order valence-corrected chi connectivity index (χ0v) is 13.7. The molecule has 0 aliphatic carbocycles. The van der Waals surface area contributed by atoms with E-state index in [0.717, 1.165) is 36.4 Å². The van der Waals surface area contributed by atoms with Gasteiger partial charge in [-0.1, -0.05) is 11.6 Å². The maximum Gasteiger partial charge on any atom is 0.418 e. The molecule has 134 valence electrons. The molecule has 25 heavy (non-hydrogen) atoms. The smallest absolute Gasteiger partial charge is 0.332 e. The Morgan fingerprint density at radius 2 is 1.44 bits per heavy atom. The summed E-state index contributed by atoms with van der Waals surface area (Å²) in [7, 11) is 0. The fourth-order valence-electron chi connectivity index (χ4n) is 1.89. The van der Waals surface area contributed by atoms with E-state index in [2.05, 4.69) is 10.6 Å². The number of alkyl halides is 6. The molecule has 2 N–H and O–H groups in total. The van der Waals surface area contributed by atoms with Crippen molar-refractivity contribution in [3.63, 3.8) is 0 Å². The zero-order valence-electron chi connectivity index (χ0n) is 12.1. The first kappa shape index (κ1) is 19.3. The Balaban J connectivity index is 2.13. The van der Waals surface area contributed by atoms with Crippen molar-refractivity contribution < 1.29 is 26.3 Å². The zero-order chi connectivity index (χ0) is 18.8. The Morgan fingerprint density at radius 1 is 0.840 bits per heavy atom. The van der Waals surface area contributed by atoms with Gasteiger partial charge in [-0.25, -0.2) is 0 Å². The van der Waals surface area contributed by atoms with E-state index in [-0.39, 0.29) is 21.5 Å². The lowest BCUT2D eigenvalue weighted by molar-refractivity contribution is -0.138. The molecule has 0 spiro atoms. The van der Waals surface area contributed by atoms with Crippen molar-refractivity contribution >= 4 is 40.3 Å². The van der Waals surface area contributed by atoms with Crippen LogP contribution in [-0.4, -0.2) is 5.11 Å². The molecule has 0 radical (unpaired) electrons. The number of thiocarbonyl (C=S) groups is 1. The summed E-state index contributed by atoms with van der Waals surface area (Å²) in [6, 6.07) is 6.98. The van der Waals surface area contributed by atoms with Gasteiger partial charge < -0.3 is 10.6 Å². The first-order chi connectivity index (χ1) is 11.5. The van der Waals surface area contributed by atoms with E-state index in [1.54, 1.807) is 0 Å². The molecule has 0 unspecified atom stereocenters. The molecule has 2 nitrogen and oxygen atoms in total. The van der Waals surface area contributed by atoms with Gasteiger partial charge in [-0.05, 0) is 54.7 Å². The van der Waals surface area contributed by atoms with Crippen LogP contribution in [0.5, 0.6) is 0 Å². The van der Waals surface area contributed by atoms with Crippen LogP contribution in [-0.2, 0) is 12.4 Å². The van der Waals surface area contributed by atoms with Crippen molar-refractivity contribution in [3.05, 3.63) is 58.6 Å². The van der Waals surface area contributed by atoms with E-state index in [4.69, 9.17) is 23.8 Å². The maximum atomic E-state index is 13.0. The third kappa shape index (κ3) is 5.23. The van der Waals surface area contributed by atoms with Gasteiger partial charge in [0.05, 0.1) is 16.8 Å². The first-order valence-electron chi connectivity index (χ1n) is 6.59. The minimum atomic E-state index is -4.66. The Kier molecular flexibility index (Phi) is 5.48.